The maximum absolute atomic E-state index is 13.3. The van der Waals surface area contributed by atoms with Crippen LogP contribution in [-0.4, -0.2) is 24.9 Å². The van der Waals surface area contributed by atoms with Crippen LogP contribution in [0.25, 0.3) is 0 Å². The van der Waals surface area contributed by atoms with Gasteiger partial charge in [-0.3, -0.25) is 9.59 Å². The Labute approximate surface area is 173 Å². The van der Waals surface area contributed by atoms with E-state index in [2.05, 4.69) is 23.5 Å². The summed E-state index contributed by atoms with van der Waals surface area (Å²) in [6.07, 6.45) is 6.48. The molecule has 2 aromatic rings. The van der Waals surface area contributed by atoms with Crippen molar-refractivity contribution in [3.05, 3.63) is 65.7 Å². The average molecular weight is 391 g/mol. The quantitative estimate of drug-likeness (QED) is 0.754. The highest BCUT2D eigenvalue weighted by Crippen LogP contribution is 2.35. The van der Waals surface area contributed by atoms with Gasteiger partial charge in [-0.25, -0.2) is 0 Å². The minimum absolute atomic E-state index is 0.0589. The molecule has 0 bridgehead atoms. The van der Waals surface area contributed by atoms with E-state index in [0.717, 1.165) is 57.2 Å². The predicted molar refractivity (Wildman–Crippen MR) is 116 cm³/mol. The zero-order valence-corrected chi connectivity index (χ0v) is 17.0. The molecule has 1 heterocycles. The summed E-state index contributed by atoms with van der Waals surface area (Å²) >= 11 is 0. The monoisotopic (exact) mass is 390 g/mol. The first-order valence-corrected chi connectivity index (χ1v) is 10.9. The van der Waals surface area contributed by atoms with Crippen LogP contribution < -0.4 is 10.2 Å². The summed E-state index contributed by atoms with van der Waals surface area (Å²) in [7, 11) is 0. The van der Waals surface area contributed by atoms with Crippen molar-refractivity contribution in [2.45, 2.75) is 44.9 Å². The lowest BCUT2D eigenvalue weighted by Crippen LogP contribution is -2.45. The fourth-order valence-electron chi connectivity index (χ4n) is 4.79. The van der Waals surface area contributed by atoms with Crippen molar-refractivity contribution in [1.82, 2.24) is 5.32 Å². The largest absolute Gasteiger partial charge is 0.356 e. The molecule has 1 saturated carbocycles. The van der Waals surface area contributed by atoms with Crippen molar-refractivity contribution in [2.24, 2.45) is 11.8 Å². The molecule has 0 saturated heterocycles. The molecule has 2 aliphatic rings. The number of carbonyl (C=O) groups excluding carboxylic acids is 2. The van der Waals surface area contributed by atoms with Crippen molar-refractivity contribution in [3.8, 4) is 0 Å². The van der Waals surface area contributed by atoms with Gasteiger partial charge in [0.25, 0.3) is 0 Å². The Morgan fingerprint density at radius 3 is 2.48 bits per heavy atom. The second-order valence-corrected chi connectivity index (χ2v) is 8.25. The van der Waals surface area contributed by atoms with E-state index in [1.807, 2.05) is 41.3 Å². The number of para-hydroxylation sites is 1. The van der Waals surface area contributed by atoms with E-state index in [1.165, 1.54) is 11.1 Å². The van der Waals surface area contributed by atoms with Crippen molar-refractivity contribution in [3.63, 3.8) is 0 Å². The first-order valence-electron chi connectivity index (χ1n) is 10.9. The normalized spacial score (nSPS) is 20.9. The minimum atomic E-state index is -0.194. The molecule has 1 N–H and O–H groups in total. The Balaban J connectivity index is 1.34. The van der Waals surface area contributed by atoms with E-state index in [-0.39, 0.29) is 23.7 Å². The molecule has 0 radical (unpaired) electrons. The van der Waals surface area contributed by atoms with Gasteiger partial charge >= 0.3 is 0 Å². The van der Waals surface area contributed by atoms with Gasteiger partial charge in [-0.1, -0.05) is 61.4 Å². The molecule has 2 amide bonds. The Morgan fingerprint density at radius 1 is 0.931 bits per heavy atom. The number of benzene rings is 2. The fourth-order valence-corrected chi connectivity index (χ4v) is 4.79. The number of hydrogen-bond donors (Lipinski definition) is 1. The maximum Gasteiger partial charge on any atom is 0.230 e. The second kappa shape index (κ2) is 9.25. The highest BCUT2D eigenvalue weighted by molar-refractivity contribution is 5.99. The summed E-state index contributed by atoms with van der Waals surface area (Å²) in [5.41, 5.74) is 3.56. The molecule has 152 valence electrons. The number of hydrogen-bond acceptors (Lipinski definition) is 2. The summed E-state index contributed by atoms with van der Waals surface area (Å²) in [4.78, 5) is 28.2. The summed E-state index contributed by atoms with van der Waals surface area (Å²) in [5.74, 6) is -0.188. The Bertz CT molecular complexity index is 849. The van der Waals surface area contributed by atoms with Gasteiger partial charge in [-0.2, -0.15) is 0 Å². The lowest BCUT2D eigenvalue weighted by molar-refractivity contribution is -0.135. The van der Waals surface area contributed by atoms with E-state index in [0.29, 0.717) is 6.54 Å². The SMILES string of the molecule is O=C(NCCCc1ccccc1)C1CCCCC1C(=O)N1CCc2ccccc21. The molecule has 1 aliphatic heterocycles. The highest BCUT2D eigenvalue weighted by Gasteiger charge is 2.39. The molecule has 1 aliphatic carbocycles. The van der Waals surface area contributed by atoms with E-state index >= 15 is 0 Å². The van der Waals surface area contributed by atoms with Gasteiger partial charge in [0.05, 0.1) is 5.92 Å². The van der Waals surface area contributed by atoms with E-state index < -0.39 is 0 Å². The summed E-state index contributed by atoms with van der Waals surface area (Å²) in [6, 6.07) is 18.5. The van der Waals surface area contributed by atoms with E-state index in [9.17, 15) is 9.59 Å². The number of fused-ring (bicyclic) bond motifs is 1. The molecule has 1 fully saturated rings. The molecule has 2 unspecified atom stereocenters. The Kier molecular flexibility index (Phi) is 6.28. The van der Waals surface area contributed by atoms with Crippen LogP contribution in [0.5, 0.6) is 0 Å². The van der Waals surface area contributed by atoms with Gasteiger partial charge in [0, 0.05) is 24.7 Å². The maximum atomic E-state index is 13.3. The fraction of sp³-hybridized carbons (Fsp3) is 0.440. The van der Waals surface area contributed by atoms with E-state index in [4.69, 9.17) is 0 Å². The van der Waals surface area contributed by atoms with Crippen molar-refractivity contribution < 1.29 is 9.59 Å². The molecule has 2 atom stereocenters. The average Bonchev–Trinajstić information content (AvgIpc) is 3.21. The molecule has 2 aromatic carbocycles. The van der Waals surface area contributed by atoms with Gasteiger partial charge in [-0.05, 0) is 49.3 Å². The molecular formula is C25H30N2O2. The number of amides is 2. The van der Waals surface area contributed by atoms with Crippen LogP contribution in [0.1, 0.15) is 43.2 Å². The highest BCUT2D eigenvalue weighted by atomic mass is 16.2. The minimum Gasteiger partial charge on any atom is -0.356 e. The van der Waals surface area contributed by atoms with Crippen LogP contribution in [0, 0.1) is 11.8 Å². The first-order chi connectivity index (χ1) is 14.2. The Morgan fingerprint density at radius 2 is 1.66 bits per heavy atom. The van der Waals surface area contributed by atoms with Crippen molar-refractivity contribution >= 4 is 17.5 Å². The molecule has 4 nitrogen and oxygen atoms in total. The van der Waals surface area contributed by atoms with Gasteiger partial charge < -0.3 is 10.2 Å². The summed E-state index contributed by atoms with van der Waals surface area (Å²) < 4.78 is 0. The second-order valence-electron chi connectivity index (χ2n) is 8.25. The third-order valence-electron chi connectivity index (χ3n) is 6.36. The standard InChI is InChI=1S/C25H30N2O2/c28-24(26-17-8-11-19-9-2-1-3-10-19)21-13-5-6-14-22(21)25(29)27-18-16-20-12-4-7-15-23(20)27/h1-4,7,9-10,12,15,21-22H,5-6,8,11,13-14,16-18H2,(H,26,28). The number of nitrogens with one attached hydrogen (secondary N) is 1. The predicted octanol–water partition coefficient (Wildman–Crippen LogP) is 4.13. The van der Waals surface area contributed by atoms with Gasteiger partial charge in [0.2, 0.25) is 11.8 Å². The summed E-state index contributed by atoms with van der Waals surface area (Å²) in [5, 5.41) is 3.11. The van der Waals surface area contributed by atoms with Gasteiger partial charge in [0.15, 0.2) is 0 Å². The van der Waals surface area contributed by atoms with Gasteiger partial charge in [-0.15, -0.1) is 0 Å². The first kappa shape index (κ1) is 19.7. The number of rotatable bonds is 6. The lowest BCUT2D eigenvalue weighted by Gasteiger charge is -2.32. The topological polar surface area (TPSA) is 49.4 Å². The number of carbonyl (C=O) groups is 2. The van der Waals surface area contributed by atoms with Crippen LogP contribution in [0.3, 0.4) is 0 Å². The van der Waals surface area contributed by atoms with Crippen LogP contribution in [0.2, 0.25) is 0 Å². The number of aryl methyl sites for hydroxylation is 1. The number of anilines is 1. The van der Waals surface area contributed by atoms with Crippen LogP contribution in [0.15, 0.2) is 54.6 Å². The van der Waals surface area contributed by atoms with E-state index in [1.54, 1.807) is 0 Å². The third kappa shape index (κ3) is 4.52. The Hall–Kier alpha value is -2.62. The smallest absolute Gasteiger partial charge is 0.230 e. The van der Waals surface area contributed by atoms with Crippen molar-refractivity contribution in [2.75, 3.05) is 18.0 Å². The molecule has 0 aromatic heterocycles. The molecule has 0 spiro atoms. The van der Waals surface area contributed by atoms with Crippen LogP contribution in [0.4, 0.5) is 5.69 Å². The zero-order chi connectivity index (χ0) is 20.1. The molecular weight excluding hydrogens is 360 g/mol. The summed E-state index contributed by atoms with van der Waals surface area (Å²) in [6.45, 7) is 1.40. The van der Waals surface area contributed by atoms with Crippen LogP contribution in [-0.2, 0) is 22.4 Å². The molecule has 4 heteroatoms. The van der Waals surface area contributed by atoms with Crippen LogP contribution >= 0.6 is 0 Å². The third-order valence-corrected chi connectivity index (χ3v) is 6.36. The zero-order valence-electron chi connectivity index (χ0n) is 17.0. The van der Waals surface area contributed by atoms with Gasteiger partial charge in [0.1, 0.15) is 0 Å². The number of nitrogens with zero attached hydrogens (tertiary/aromatic N) is 1. The lowest BCUT2D eigenvalue weighted by atomic mass is 9.77. The van der Waals surface area contributed by atoms with Crippen molar-refractivity contribution in [1.29, 1.82) is 0 Å². The molecule has 4 rings (SSSR count). The molecule has 29 heavy (non-hydrogen) atoms.